The molecule has 0 fully saturated rings. The highest BCUT2D eigenvalue weighted by molar-refractivity contribution is 6.31. The first-order chi connectivity index (χ1) is 11.5. The number of hydrogen-bond acceptors (Lipinski definition) is 3. The predicted molar refractivity (Wildman–Crippen MR) is 93.1 cm³/mol. The number of nitrogens with one attached hydrogen (secondary N) is 1. The molecule has 3 aromatic rings. The van der Waals surface area contributed by atoms with Crippen LogP contribution < -0.4 is 5.32 Å². The average Bonchev–Trinajstić information content (AvgIpc) is 3.18. The molecule has 0 spiro atoms. The molecule has 1 atom stereocenters. The molecule has 0 aliphatic rings. The molecule has 0 bridgehead atoms. The van der Waals surface area contributed by atoms with E-state index >= 15 is 0 Å². The van der Waals surface area contributed by atoms with Gasteiger partial charge in [0.1, 0.15) is 6.04 Å². The van der Waals surface area contributed by atoms with Crippen molar-refractivity contribution in [2.45, 2.75) is 26.4 Å². The van der Waals surface area contributed by atoms with E-state index < -0.39 is 6.04 Å². The third kappa shape index (κ3) is 3.49. The molecule has 0 saturated carbocycles. The number of carbonyl (C=O) groups excluding carboxylic acids is 1. The van der Waals surface area contributed by atoms with Crippen LogP contribution >= 0.6 is 11.6 Å². The highest BCUT2D eigenvalue weighted by Crippen LogP contribution is 2.19. The van der Waals surface area contributed by atoms with Crippen LogP contribution in [-0.4, -0.2) is 25.5 Å². The second kappa shape index (κ2) is 6.88. The van der Waals surface area contributed by atoms with Crippen LogP contribution in [0.3, 0.4) is 0 Å². The predicted octanol–water partition coefficient (Wildman–Crippen LogP) is 3.29. The van der Waals surface area contributed by atoms with Crippen molar-refractivity contribution in [3.8, 4) is 0 Å². The average molecular weight is 344 g/mol. The summed E-state index contributed by atoms with van der Waals surface area (Å²) < 4.78 is 3.45. The molecule has 1 unspecified atom stereocenters. The quantitative estimate of drug-likeness (QED) is 0.773. The number of rotatable bonds is 5. The second-order valence-electron chi connectivity index (χ2n) is 5.59. The molecule has 1 aromatic carbocycles. The fourth-order valence-corrected chi connectivity index (χ4v) is 2.61. The Labute approximate surface area is 145 Å². The maximum atomic E-state index is 12.5. The molecule has 0 aliphatic heterocycles. The van der Waals surface area contributed by atoms with Crippen LogP contribution in [-0.2, 0) is 11.3 Å². The van der Waals surface area contributed by atoms with Crippen molar-refractivity contribution in [1.29, 1.82) is 0 Å². The molecule has 0 saturated heterocycles. The van der Waals surface area contributed by atoms with Gasteiger partial charge in [-0.25, -0.2) is 0 Å². The Bertz CT molecular complexity index is 841. The summed E-state index contributed by atoms with van der Waals surface area (Å²) in [5, 5.41) is 11.8. The van der Waals surface area contributed by atoms with Gasteiger partial charge in [0.05, 0.1) is 23.5 Å². The van der Waals surface area contributed by atoms with Crippen LogP contribution in [0.4, 0.5) is 5.69 Å². The Morgan fingerprint density at radius 1 is 1.33 bits per heavy atom. The number of amides is 1. The number of benzene rings is 1. The molecule has 1 N–H and O–H groups in total. The number of hydrogen-bond donors (Lipinski definition) is 1. The molecule has 2 heterocycles. The maximum absolute atomic E-state index is 12.5. The van der Waals surface area contributed by atoms with E-state index in [1.54, 1.807) is 24.0 Å². The Kier molecular flexibility index (Phi) is 4.66. The van der Waals surface area contributed by atoms with Gasteiger partial charge in [0, 0.05) is 18.1 Å². The normalized spacial score (nSPS) is 12.1. The zero-order chi connectivity index (χ0) is 17.1. The van der Waals surface area contributed by atoms with Crippen molar-refractivity contribution in [3.05, 3.63) is 65.2 Å². The molecule has 2 aromatic heterocycles. The van der Waals surface area contributed by atoms with Gasteiger partial charge >= 0.3 is 0 Å². The summed E-state index contributed by atoms with van der Waals surface area (Å²) in [6.07, 6.45) is 5.19. The van der Waals surface area contributed by atoms with Crippen LogP contribution in [0.15, 0.2) is 48.9 Å². The van der Waals surface area contributed by atoms with E-state index in [0.717, 1.165) is 16.9 Å². The number of anilines is 1. The smallest absolute Gasteiger partial charge is 0.248 e. The Balaban J connectivity index is 1.71. The van der Waals surface area contributed by atoms with Gasteiger partial charge in [-0.2, -0.15) is 10.2 Å². The Hall–Kier alpha value is -2.60. The van der Waals surface area contributed by atoms with E-state index in [2.05, 4.69) is 15.5 Å². The van der Waals surface area contributed by atoms with Crippen LogP contribution in [0.1, 0.15) is 24.2 Å². The third-order valence-corrected chi connectivity index (χ3v) is 4.20. The van der Waals surface area contributed by atoms with E-state index in [1.165, 1.54) is 0 Å². The summed E-state index contributed by atoms with van der Waals surface area (Å²) in [5.41, 5.74) is 2.57. The van der Waals surface area contributed by atoms with Crippen LogP contribution in [0, 0.1) is 6.92 Å². The topological polar surface area (TPSA) is 64.7 Å². The lowest BCUT2D eigenvalue weighted by Gasteiger charge is -2.15. The van der Waals surface area contributed by atoms with Crippen molar-refractivity contribution in [2.75, 3.05) is 5.32 Å². The number of nitrogens with zero attached hydrogens (tertiary/aromatic N) is 4. The Morgan fingerprint density at radius 3 is 2.83 bits per heavy atom. The standard InChI is InChI=1S/C17H18ClN5O/c1-12-16(18)10-20-23(12)13(2)17(24)21-15-6-3-5-14(9-15)11-22-8-4-7-19-22/h3-10,13H,11H2,1-2H3,(H,21,24). The van der Waals surface area contributed by atoms with Crippen molar-refractivity contribution < 1.29 is 4.79 Å². The fourth-order valence-electron chi connectivity index (χ4n) is 2.48. The van der Waals surface area contributed by atoms with E-state index in [0.29, 0.717) is 11.6 Å². The molecule has 1 amide bonds. The number of halogens is 1. The molecule has 24 heavy (non-hydrogen) atoms. The summed E-state index contributed by atoms with van der Waals surface area (Å²) >= 11 is 6.00. The van der Waals surface area contributed by atoms with Gasteiger partial charge in [-0.3, -0.25) is 14.2 Å². The SMILES string of the molecule is Cc1c(Cl)cnn1C(C)C(=O)Nc1cccc(Cn2cccn2)c1. The molecule has 0 aliphatic carbocycles. The first-order valence-electron chi connectivity index (χ1n) is 7.61. The maximum Gasteiger partial charge on any atom is 0.248 e. The Morgan fingerprint density at radius 2 is 2.17 bits per heavy atom. The van der Waals surface area contributed by atoms with Crippen LogP contribution in [0.5, 0.6) is 0 Å². The summed E-state index contributed by atoms with van der Waals surface area (Å²) in [5.74, 6) is -0.144. The number of aromatic nitrogens is 4. The lowest BCUT2D eigenvalue weighted by molar-refractivity contribution is -0.119. The van der Waals surface area contributed by atoms with Gasteiger partial charge in [0.25, 0.3) is 0 Å². The highest BCUT2D eigenvalue weighted by atomic mass is 35.5. The largest absolute Gasteiger partial charge is 0.324 e. The minimum absolute atomic E-state index is 0.144. The molecule has 124 valence electrons. The second-order valence-corrected chi connectivity index (χ2v) is 6.00. The molecule has 6 nitrogen and oxygen atoms in total. The summed E-state index contributed by atoms with van der Waals surface area (Å²) in [6.45, 7) is 4.28. The zero-order valence-corrected chi connectivity index (χ0v) is 14.2. The summed E-state index contributed by atoms with van der Waals surface area (Å²) in [4.78, 5) is 12.5. The minimum atomic E-state index is -0.452. The lowest BCUT2D eigenvalue weighted by Crippen LogP contribution is -2.25. The molecule has 0 radical (unpaired) electrons. The highest BCUT2D eigenvalue weighted by Gasteiger charge is 2.18. The van der Waals surface area contributed by atoms with Gasteiger partial charge < -0.3 is 5.32 Å². The lowest BCUT2D eigenvalue weighted by atomic mass is 10.2. The monoisotopic (exact) mass is 343 g/mol. The first kappa shape index (κ1) is 16.3. The van der Waals surface area contributed by atoms with Gasteiger partial charge in [-0.05, 0) is 37.6 Å². The fraction of sp³-hybridized carbons (Fsp3) is 0.235. The minimum Gasteiger partial charge on any atom is -0.324 e. The van der Waals surface area contributed by atoms with Crippen molar-refractivity contribution in [1.82, 2.24) is 19.6 Å². The summed E-state index contributed by atoms with van der Waals surface area (Å²) in [7, 11) is 0. The van der Waals surface area contributed by atoms with E-state index in [1.807, 2.05) is 48.1 Å². The van der Waals surface area contributed by atoms with Crippen LogP contribution in [0.2, 0.25) is 5.02 Å². The van der Waals surface area contributed by atoms with E-state index in [4.69, 9.17) is 11.6 Å². The molecular formula is C17H18ClN5O. The summed E-state index contributed by atoms with van der Waals surface area (Å²) in [6, 6.07) is 9.14. The number of carbonyl (C=O) groups is 1. The molecule has 3 rings (SSSR count). The van der Waals surface area contributed by atoms with Gasteiger partial charge in [-0.15, -0.1) is 0 Å². The van der Waals surface area contributed by atoms with Gasteiger partial charge in [0.15, 0.2) is 0 Å². The molecular weight excluding hydrogens is 326 g/mol. The third-order valence-electron chi connectivity index (χ3n) is 3.83. The van der Waals surface area contributed by atoms with Crippen molar-refractivity contribution >= 4 is 23.2 Å². The van der Waals surface area contributed by atoms with E-state index in [9.17, 15) is 4.79 Å². The zero-order valence-electron chi connectivity index (χ0n) is 13.5. The van der Waals surface area contributed by atoms with Crippen molar-refractivity contribution in [3.63, 3.8) is 0 Å². The van der Waals surface area contributed by atoms with Crippen LogP contribution in [0.25, 0.3) is 0 Å². The first-order valence-corrected chi connectivity index (χ1v) is 7.99. The molecule has 7 heteroatoms. The van der Waals surface area contributed by atoms with Crippen molar-refractivity contribution in [2.24, 2.45) is 0 Å². The van der Waals surface area contributed by atoms with Gasteiger partial charge in [-0.1, -0.05) is 23.7 Å². The van der Waals surface area contributed by atoms with Gasteiger partial charge in [0.2, 0.25) is 5.91 Å². The van der Waals surface area contributed by atoms with E-state index in [-0.39, 0.29) is 5.91 Å².